The number of amides is 2. The molecule has 6 heteroatoms. The summed E-state index contributed by atoms with van der Waals surface area (Å²) in [4.78, 5) is 28.8. The maximum atomic E-state index is 13.7. The van der Waals surface area contributed by atoms with Crippen LogP contribution in [0, 0.1) is 0 Å². The van der Waals surface area contributed by atoms with Gasteiger partial charge >= 0.3 is 0 Å². The molecule has 2 aromatic carbocycles. The Labute approximate surface area is 188 Å². The Balaban J connectivity index is 1.76. The minimum atomic E-state index is -0.843. The number of carbonyl (C=O) groups is 2. The van der Waals surface area contributed by atoms with Crippen LogP contribution in [0.4, 0.5) is 5.69 Å². The average Bonchev–Trinajstić information content (AvgIpc) is 3.38. The fraction of sp³-hybridized carbons (Fsp3) is 0.308. The Bertz CT molecular complexity index is 1010. The summed E-state index contributed by atoms with van der Waals surface area (Å²) in [5.74, 6) is 0.265. The molecule has 1 saturated carbocycles. The van der Waals surface area contributed by atoms with Gasteiger partial charge in [-0.15, -0.1) is 0 Å². The number of hydrogen-bond donors (Lipinski definition) is 1. The third-order valence-corrected chi connectivity index (χ3v) is 5.87. The molecule has 1 aromatic heterocycles. The highest BCUT2D eigenvalue weighted by atomic mass is 16.5. The molecule has 0 saturated heterocycles. The van der Waals surface area contributed by atoms with Crippen LogP contribution >= 0.6 is 0 Å². The number of nitrogens with zero attached hydrogens (tertiary/aromatic N) is 1. The minimum Gasteiger partial charge on any atom is -0.497 e. The Kier molecular flexibility index (Phi) is 6.90. The van der Waals surface area contributed by atoms with Crippen LogP contribution in [-0.2, 0) is 4.79 Å². The van der Waals surface area contributed by atoms with Crippen LogP contribution in [0.15, 0.2) is 77.4 Å². The zero-order chi connectivity index (χ0) is 22.3. The van der Waals surface area contributed by atoms with Crippen LogP contribution in [0.25, 0.3) is 0 Å². The molecule has 1 atom stereocenters. The Morgan fingerprint density at radius 2 is 1.69 bits per heavy atom. The van der Waals surface area contributed by atoms with Crippen molar-refractivity contribution in [1.29, 1.82) is 0 Å². The maximum Gasteiger partial charge on any atom is 0.294 e. The molecule has 1 fully saturated rings. The predicted molar refractivity (Wildman–Crippen MR) is 123 cm³/mol. The molecule has 0 unspecified atom stereocenters. The van der Waals surface area contributed by atoms with E-state index in [0.717, 1.165) is 31.2 Å². The van der Waals surface area contributed by atoms with E-state index >= 15 is 0 Å². The summed E-state index contributed by atoms with van der Waals surface area (Å²) in [5, 5.41) is 3.20. The van der Waals surface area contributed by atoms with Crippen molar-refractivity contribution < 1.29 is 18.7 Å². The van der Waals surface area contributed by atoms with Crippen molar-refractivity contribution in [2.24, 2.45) is 0 Å². The first-order valence-electron chi connectivity index (χ1n) is 11.0. The summed E-state index contributed by atoms with van der Waals surface area (Å²) in [6, 6.07) is 19.1. The monoisotopic (exact) mass is 432 g/mol. The van der Waals surface area contributed by atoms with Crippen LogP contribution in [0.2, 0.25) is 0 Å². The summed E-state index contributed by atoms with van der Waals surface area (Å²) in [5.41, 5.74) is 1.32. The second-order valence-corrected chi connectivity index (χ2v) is 8.01. The number of rotatable bonds is 7. The number of carbonyl (C=O) groups excluding carboxylic acids is 2. The third kappa shape index (κ3) is 4.85. The number of ether oxygens (including phenoxy) is 1. The number of anilines is 1. The van der Waals surface area contributed by atoms with Gasteiger partial charge in [-0.3, -0.25) is 14.5 Å². The van der Waals surface area contributed by atoms with Gasteiger partial charge in [0.25, 0.3) is 5.91 Å². The predicted octanol–water partition coefficient (Wildman–Crippen LogP) is 5.13. The van der Waals surface area contributed by atoms with Crippen molar-refractivity contribution in [3.8, 4) is 5.75 Å². The van der Waals surface area contributed by atoms with Gasteiger partial charge in [-0.1, -0.05) is 49.6 Å². The molecular weight excluding hydrogens is 404 g/mol. The molecule has 0 radical (unpaired) electrons. The van der Waals surface area contributed by atoms with Gasteiger partial charge in [0, 0.05) is 11.7 Å². The van der Waals surface area contributed by atoms with Crippen molar-refractivity contribution in [3.63, 3.8) is 0 Å². The number of hydrogen-bond acceptors (Lipinski definition) is 4. The lowest BCUT2D eigenvalue weighted by atomic mass is 9.94. The molecule has 1 aliphatic rings. The molecule has 0 bridgehead atoms. The van der Waals surface area contributed by atoms with Crippen molar-refractivity contribution in [2.45, 2.75) is 44.2 Å². The summed E-state index contributed by atoms with van der Waals surface area (Å²) < 4.78 is 10.7. The van der Waals surface area contributed by atoms with E-state index < -0.39 is 6.04 Å². The van der Waals surface area contributed by atoms with Crippen molar-refractivity contribution >= 4 is 17.5 Å². The van der Waals surface area contributed by atoms with Gasteiger partial charge < -0.3 is 14.5 Å². The Morgan fingerprint density at radius 3 is 2.31 bits per heavy atom. The van der Waals surface area contributed by atoms with Gasteiger partial charge in [-0.05, 0) is 54.8 Å². The summed E-state index contributed by atoms with van der Waals surface area (Å²) in [6.45, 7) is 0. The van der Waals surface area contributed by atoms with Gasteiger partial charge in [-0.25, -0.2) is 0 Å². The highest BCUT2D eigenvalue weighted by Gasteiger charge is 2.35. The van der Waals surface area contributed by atoms with Crippen LogP contribution < -0.4 is 15.0 Å². The van der Waals surface area contributed by atoms with Crippen molar-refractivity contribution in [1.82, 2.24) is 5.32 Å². The smallest absolute Gasteiger partial charge is 0.294 e. The van der Waals surface area contributed by atoms with E-state index in [4.69, 9.17) is 9.15 Å². The average molecular weight is 433 g/mol. The fourth-order valence-electron chi connectivity index (χ4n) is 4.23. The summed E-state index contributed by atoms with van der Waals surface area (Å²) in [7, 11) is 1.59. The molecule has 166 valence electrons. The van der Waals surface area contributed by atoms with Gasteiger partial charge in [0.05, 0.1) is 13.4 Å². The second kappa shape index (κ2) is 10.2. The number of benzene rings is 2. The first-order chi connectivity index (χ1) is 15.7. The molecule has 1 N–H and O–H groups in total. The summed E-state index contributed by atoms with van der Waals surface area (Å²) in [6.07, 6.45) is 6.79. The Morgan fingerprint density at radius 1 is 0.969 bits per heavy atom. The van der Waals surface area contributed by atoms with Crippen LogP contribution in [-0.4, -0.2) is 25.0 Å². The molecule has 4 rings (SSSR count). The van der Waals surface area contributed by atoms with E-state index in [9.17, 15) is 9.59 Å². The first kappa shape index (κ1) is 21.7. The molecule has 1 aliphatic carbocycles. The zero-order valence-corrected chi connectivity index (χ0v) is 18.2. The quantitative estimate of drug-likeness (QED) is 0.562. The number of nitrogens with one attached hydrogen (secondary N) is 1. The zero-order valence-electron chi connectivity index (χ0n) is 18.2. The lowest BCUT2D eigenvalue weighted by Gasteiger charge is -2.33. The number of furan rings is 1. The van der Waals surface area contributed by atoms with E-state index in [1.165, 1.54) is 17.6 Å². The van der Waals surface area contributed by atoms with Gasteiger partial charge in [-0.2, -0.15) is 0 Å². The maximum absolute atomic E-state index is 13.7. The van der Waals surface area contributed by atoms with Crippen LogP contribution in [0.1, 0.15) is 54.3 Å². The number of methoxy groups -OCH3 is 1. The van der Waals surface area contributed by atoms with Crippen LogP contribution in [0.3, 0.4) is 0 Å². The molecule has 3 aromatic rings. The molecule has 0 aliphatic heterocycles. The lowest BCUT2D eigenvalue weighted by Crippen LogP contribution is -2.47. The van der Waals surface area contributed by atoms with E-state index in [1.807, 2.05) is 30.3 Å². The molecular formula is C26H28N2O4. The molecule has 0 spiro atoms. The van der Waals surface area contributed by atoms with E-state index in [1.54, 1.807) is 43.5 Å². The largest absolute Gasteiger partial charge is 0.497 e. The molecule has 2 amide bonds. The van der Waals surface area contributed by atoms with Crippen molar-refractivity contribution in [2.75, 3.05) is 12.0 Å². The van der Waals surface area contributed by atoms with Gasteiger partial charge in [0.15, 0.2) is 5.76 Å². The third-order valence-electron chi connectivity index (χ3n) is 5.87. The summed E-state index contributed by atoms with van der Waals surface area (Å²) >= 11 is 0. The first-order valence-corrected chi connectivity index (χ1v) is 11.0. The Hall–Kier alpha value is -3.54. The molecule has 6 nitrogen and oxygen atoms in total. The molecule has 32 heavy (non-hydrogen) atoms. The SMILES string of the molecule is COc1ccc(N(C(=O)c2ccco2)[C@@H](C(=O)NC2CCCCC2)c2ccccc2)cc1. The van der Waals surface area contributed by atoms with E-state index in [2.05, 4.69) is 5.32 Å². The lowest BCUT2D eigenvalue weighted by molar-refractivity contribution is -0.123. The topological polar surface area (TPSA) is 71.8 Å². The second-order valence-electron chi connectivity index (χ2n) is 8.01. The van der Waals surface area contributed by atoms with E-state index in [0.29, 0.717) is 11.4 Å². The standard InChI is InChI=1S/C26H28N2O4/c1-31-22-16-14-21(15-17-22)28(26(30)23-13-8-18-32-23)24(19-9-4-2-5-10-19)25(29)27-20-11-6-3-7-12-20/h2,4-5,8-10,13-18,20,24H,3,6-7,11-12H2,1H3,(H,27,29)/t24-/m1/s1. The van der Waals surface area contributed by atoms with Gasteiger partial charge in [0.2, 0.25) is 5.91 Å². The van der Waals surface area contributed by atoms with E-state index in [-0.39, 0.29) is 23.6 Å². The normalized spacial score (nSPS) is 15.0. The highest BCUT2D eigenvalue weighted by Crippen LogP contribution is 2.32. The minimum absolute atomic E-state index is 0.124. The molecule has 1 heterocycles. The highest BCUT2D eigenvalue weighted by molar-refractivity contribution is 6.08. The van der Waals surface area contributed by atoms with Gasteiger partial charge in [0.1, 0.15) is 11.8 Å². The fourth-order valence-corrected chi connectivity index (χ4v) is 4.23. The van der Waals surface area contributed by atoms with Crippen LogP contribution in [0.5, 0.6) is 5.75 Å². The van der Waals surface area contributed by atoms with Crippen molar-refractivity contribution in [3.05, 3.63) is 84.3 Å².